The summed E-state index contributed by atoms with van der Waals surface area (Å²) in [5.41, 5.74) is 0.269. The molecule has 0 atom stereocenters. The molecule has 2 heterocycles. The van der Waals surface area contributed by atoms with Crippen molar-refractivity contribution < 1.29 is 0 Å². The van der Waals surface area contributed by atoms with E-state index in [1.165, 1.54) is 22.6 Å². The van der Waals surface area contributed by atoms with Gasteiger partial charge in [-0.1, -0.05) is 18.3 Å². The SMILES string of the molecule is C=Cn1cc2c(=O)[nH]c(SC)nc2n1. The van der Waals surface area contributed by atoms with Gasteiger partial charge in [0.2, 0.25) is 0 Å². The number of hydrogen-bond donors (Lipinski definition) is 1. The highest BCUT2D eigenvalue weighted by Crippen LogP contribution is 2.10. The zero-order valence-electron chi connectivity index (χ0n) is 7.52. The lowest BCUT2D eigenvalue weighted by Crippen LogP contribution is -2.07. The van der Waals surface area contributed by atoms with Crippen LogP contribution in [0.4, 0.5) is 0 Å². The first-order valence-electron chi connectivity index (χ1n) is 3.90. The predicted molar refractivity (Wildman–Crippen MR) is 56.3 cm³/mol. The first-order chi connectivity index (χ1) is 6.74. The molecule has 0 aromatic carbocycles. The van der Waals surface area contributed by atoms with E-state index in [2.05, 4.69) is 21.6 Å². The van der Waals surface area contributed by atoms with Crippen LogP contribution in [0.1, 0.15) is 0 Å². The molecule has 0 unspecified atom stereocenters. The van der Waals surface area contributed by atoms with Crippen LogP contribution >= 0.6 is 11.8 Å². The molecule has 0 amide bonds. The fraction of sp³-hybridized carbons (Fsp3) is 0.125. The van der Waals surface area contributed by atoms with Crippen LogP contribution < -0.4 is 5.56 Å². The lowest BCUT2D eigenvalue weighted by Gasteiger charge is -1.92. The van der Waals surface area contributed by atoms with Gasteiger partial charge in [0.1, 0.15) is 5.39 Å². The van der Waals surface area contributed by atoms with Gasteiger partial charge in [0.05, 0.1) is 0 Å². The van der Waals surface area contributed by atoms with Crippen molar-refractivity contribution in [1.29, 1.82) is 0 Å². The second kappa shape index (κ2) is 3.30. The number of aromatic nitrogens is 4. The van der Waals surface area contributed by atoms with Crippen LogP contribution in [-0.2, 0) is 0 Å². The Morgan fingerprint density at radius 1 is 1.71 bits per heavy atom. The van der Waals surface area contributed by atoms with Gasteiger partial charge < -0.3 is 4.98 Å². The summed E-state index contributed by atoms with van der Waals surface area (Å²) in [7, 11) is 0. The van der Waals surface area contributed by atoms with Crippen LogP contribution in [0.5, 0.6) is 0 Å². The zero-order valence-corrected chi connectivity index (χ0v) is 8.34. The third kappa shape index (κ3) is 1.33. The molecule has 2 aromatic rings. The van der Waals surface area contributed by atoms with Crippen molar-refractivity contribution in [3.8, 4) is 0 Å². The van der Waals surface area contributed by atoms with Crippen molar-refractivity contribution in [1.82, 2.24) is 19.7 Å². The molecule has 1 N–H and O–H groups in total. The quantitative estimate of drug-likeness (QED) is 0.589. The summed E-state index contributed by atoms with van der Waals surface area (Å²) in [5.74, 6) is 0. The highest BCUT2D eigenvalue weighted by molar-refractivity contribution is 7.98. The number of hydrogen-bond acceptors (Lipinski definition) is 4. The number of thioether (sulfide) groups is 1. The highest BCUT2D eigenvalue weighted by atomic mass is 32.2. The van der Waals surface area contributed by atoms with Gasteiger partial charge in [-0.15, -0.1) is 5.10 Å². The smallest absolute Gasteiger partial charge is 0.262 e. The average molecular weight is 208 g/mol. The normalized spacial score (nSPS) is 10.6. The third-order valence-corrected chi connectivity index (χ3v) is 2.35. The summed E-state index contributed by atoms with van der Waals surface area (Å²) in [6.45, 7) is 3.55. The minimum Gasteiger partial charge on any atom is -0.301 e. The molecular weight excluding hydrogens is 200 g/mol. The first kappa shape index (κ1) is 9.01. The molecule has 2 aromatic heterocycles. The van der Waals surface area contributed by atoms with Crippen LogP contribution in [0, 0.1) is 0 Å². The molecule has 5 nitrogen and oxygen atoms in total. The number of rotatable bonds is 2. The topological polar surface area (TPSA) is 63.6 Å². The fourth-order valence-corrected chi connectivity index (χ4v) is 1.48. The molecule has 0 aliphatic heterocycles. The van der Waals surface area contributed by atoms with Crippen LogP contribution in [0.25, 0.3) is 17.2 Å². The maximum atomic E-state index is 11.5. The first-order valence-corrected chi connectivity index (χ1v) is 5.13. The predicted octanol–water partition coefficient (Wildman–Crippen LogP) is 0.942. The molecule has 0 radical (unpaired) electrons. The van der Waals surface area contributed by atoms with E-state index in [1.807, 2.05) is 6.26 Å². The molecule has 72 valence electrons. The molecule has 0 saturated carbocycles. The number of nitrogens with zero attached hydrogens (tertiary/aromatic N) is 3. The van der Waals surface area contributed by atoms with Gasteiger partial charge in [-0.25, -0.2) is 9.67 Å². The molecule has 6 heteroatoms. The van der Waals surface area contributed by atoms with E-state index in [9.17, 15) is 4.79 Å². The molecule has 0 aliphatic rings. The molecule has 0 aliphatic carbocycles. The molecule has 2 rings (SSSR count). The summed E-state index contributed by atoms with van der Waals surface area (Å²) in [5, 5.41) is 5.10. The molecular formula is C8H8N4OS. The van der Waals surface area contributed by atoms with Crippen LogP contribution in [0.3, 0.4) is 0 Å². The Morgan fingerprint density at radius 2 is 2.50 bits per heavy atom. The van der Waals surface area contributed by atoms with Gasteiger partial charge in [-0.3, -0.25) is 4.79 Å². The second-order valence-corrected chi connectivity index (χ2v) is 3.40. The highest BCUT2D eigenvalue weighted by Gasteiger charge is 2.06. The Labute approximate surface area is 83.8 Å². The second-order valence-electron chi connectivity index (χ2n) is 2.60. The van der Waals surface area contributed by atoms with E-state index in [4.69, 9.17) is 0 Å². The summed E-state index contributed by atoms with van der Waals surface area (Å²) >= 11 is 1.37. The number of H-pyrrole nitrogens is 1. The lowest BCUT2D eigenvalue weighted by molar-refractivity contribution is 0.922. The van der Waals surface area contributed by atoms with Crippen molar-refractivity contribution in [3.05, 3.63) is 23.1 Å². The van der Waals surface area contributed by atoms with Crippen LogP contribution in [0.15, 0.2) is 22.7 Å². The molecule has 0 fully saturated rings. The Morgan fingerprint density at radius 3 is 3.14 bits per heavy atom. The van der Waals surface area contributed by atoms with E-state index < -0.39 is 0 Å². The maximum Gasteiger partial charge on any atom is 0.262 e. The van der Waals surface area contributed by atoms with E-state index in [1.54, 1.807) is 6.20 Å². The Bertz CT molecular complexity index is 542. The van der Waals surface area contributed by atoms with Gasteiger partial charge in [-0.05, 0) is 6.26 Å². The fourth-order valence-electron chi connectivity index (χ4n) is 1.10. The lowest BCUT2D eigenvalue weighted by atomic mass is 10.4. The maximum absolute atomic E-state index is 11.5. The van der Waals surface area contributed by atoms with Crippen LogP contribution in [-0.4, -0.2) is 26.0 Å². The Hall–Kier alpha value is -1.56. The van der Waals surface area contributed by atoms with E-state index in [0.29, 0.717) is 16.2 Å². The Kier molecular flexibility index (Phi) is 2.12. The summed E-state index contributed by atoms with van der Waals surface area (Å²) < 4.78 is 1.47. The third-order valence-electron chi connectivity index (χ3n) is 1.77. The van der Waals surface area contributed by atoms with Gasteiger partial charge in [0.15, 0.2) is 10.8 Å². The van der Waals surface area contributed by atoms with Crippen molar-refractivity contribution in [2.24, 2.45) is 0 Å². The molecule has 0 bridgehead atoms. The van der Waals surface area contributed by atoms with Gasteiger partial charge >= 0.3 is 0 Å². The Balaban J connectivity index is 2.79. The number of nitrogens with one attached hydrogen (secondary N) is 1. The minimum absolute atomic E-state index is 0.174. The van der Waals surface area contributed by atoms with Crippen molar-refractivity contribution in [3.63, 3.8) is 0 Å². The molecule has 14 heavy (non-hydrogen) atoms. The number of aromatic amines is 1. The van der Waals surface area contributed by atoms with Crippen molar-refractivity contribution >= 4 is 29.0 Å². The monoisotopic (exact) mass is 208 g/mol. The van der Waals surface area contributed by atoms with Crippen molar-refractivity contribution in [2.75, 3.05) is 6.26 Å². The number of fused-ring (bicyclic) bond motifs is 1. The standard InChI is InChI=1S/C8H8N4OS/c1-3-12-4-5-6(11-12)9-8(14-2)10-7(5)13/h3-4H,1H2,2H3,(H,9,10,11,13). The van der Waals surface area contributed by atoms with Gasteiger partial charge in [-0.2, -0.15) is 0 Å². The summed E-state index contributed by atoms with van der Waals surface area (Å²) in [6, 6.07) is 0. The van der Waals surface area contributed by atoms with Crippen molar-refractivity contribution in [2.45, 2.75) is 5.16 Å². The summed E-state index contributed by atoms with van der Waals surface area (Å²) in [4.78, 5) is 18.3. The van der Waals surface area contributed by atoms with E-state index in [-0.39, 0.29) is 5.56 Å². The van der Waals surface area contributed by atoms with E-state index >= 15 is 0 Å². The van der Waals surface area contributed by atoms with Gasteiger partial charge in [0, 0.05) is 12.4 Å². The molecule has 0 saturated heterocycles. The van der Waals surface area contributed by atoms with Gasteiger partial charge in [0.25, 0.3) is 5.56 Å². The molecule has 0 spiro atoms. The summed E-state index contributed by atoms with van der Waals surface area (Å²) in [6.07, 6.45) is 4.95. The van der Waals surface area contributed by atoms with E-state index in [0.717, 1.165) is 0 Å². The minimum atomic E-state index is -0.174. The van der Waals surface area contributed by atoms with Crippen LogP contribution in [0.2, 0.25) is 0 Å². The zero-order chi connectivity index (χ0) is 10.1. The average Bonchev–Trinajstić information content (AvgIpc) is 2.61. The largest absolute Gasteiger partial charge is 0.301 e.